The second kappa shape index (κ2) is 3.97. The Morgan fingerprint density at radius 2 is 2.16 bits per heavy atom. The van der Waals surface area contributed by atoms with Crippen LogP contribution in [0.5, 0.6) is 0 Å². The van der Waals surface area contributed by atoms with E-state index in [0.717, 1.165) is 5.52 Å². The average Bonchev–Trinajstić information content (AvgIpc) is 2.79. The molecule has 0 radical (unpaired) electrons. The third kappa shape index (κ3) is 1.41. The fourth-order valence-corrected chi connectivity index (χ4v) is 2.41. The van der Waals surface area contributed by atoms with E-state index in [2.05, 4.69) is 11.1 Å². The molecule has 0 spiro atoms. The number of aromatic nitrogens is 2. The molecule has 0 fully saturated rings. The van der Waals surface area contributed by atoms with Gasteiger partial charge in [-0.05, 0) is 24.6 Å². The summed E-state index contributed by atoms with van der Waals surface area (Å²) >= 11 is 0. The predicted molar refractivity (Wildman–Crippen MR) is 70.9 cm³/mol. The van der Waals surface area contributed by atoms with E-state index >= 15 is 0 Å². The van der Waals surface area contributed by atoms with Crippen molar-refractivity contribution < 1.29 is 5.11 Å². The number of nitrogens with zero attached hydrogens (tertiary/aromatic N) is 2. The van der Waals surface area contributed by atoms with Gasteiger partial charge in [0.15, 0.2) is 0 Å². The lowest BCUT2D eigenvalue weighted by Crippen LogP contribution is -2.20. The summed E-state index contributed by atoms with van der Waals surface area (Å²) in [6.07, 6.45) is 0. The maximum absolute atomic E-state index is 12.4. The highest BCUT2D eigenvalue weighted by atomic mass is 16.3. The van der Waals surface area contributed by atoms with Crippen molar-refractivity contribution in [3.8, 4) is 6.07 Å². The highest BCUT2D eigenvalue weighted by Crippen LogP contribution is 2.20. The maximum atomic E-state index is 12.4. The van der Waals surface area contributed by atoms with Gasteiger partial charge in [0.1, 0.15) is 11.7 Å². The number of imidazole rings is 1. The van der Waals surface area contributed by atoms with Crippen LogP contribution in [-0.4, -0.2) is 14.5 Å². The zero-order valence-electron chi connectivity index (χ0n) is 10.3. The number of fused-ring (bicyclic) bond motifs is 3. The van der Waals surface area contributed by atoms with Crippen LogP contribution in [0.25, 0.3) is 16.7 Å². The van der Waals surface area contributed by atoms with Gasteiger partial charge in [-0.15, -0.1) is 0 Å². The monoisotopic (exact) mass is 253 g/mol. The van der Waals surface area contributed by atoms with Gasteiger partial charge in [0.25, 0.3) is 5.56 Å². The number of aliphatic hydroxyl groups excluding tert-OH is 1. The summed E-state index contributed by atoms with van der Waals surface area (Å²) in [5.41, 5.74) is 2.86. The van der Waals surface area contributed by atoms with Crippen molar-refractivity contribution in [1.82, 2.24) is 9.38 Å². The molecule has 2 heterocycles. The summed E-state index contributed by atoms with van der Waals surface area (Å²) in [4.78, 5) is 15.5. The highest BCUT2D eigenvalue weighted by molar-refractivity contribution is 5.82. The molecule has 94 valence electrons. The van der Waals surface area contributed by atoms with Crippen molar-refractivity contribution in [3.05, 3.63) is 51.3 Å². The van der Waals surface area contributed by atoms with E-state index in [4.69, 9.17) is 0 Å². The molecule has 0 aliphatic rings. The summed E-state index contributed by atoms with van der Waals surface area (Å²) in [5, 5.41) is 18.6. The highest BCUT2D eigenvalue weighted by Gasteiger charge is 2.17. The summed E-state index contributed by atoms with van der Waals surface area (Å²) in [7, 11) is 0. The van der Waals surface area contributed by atoms with Crippen LogP contribution in [0.4, 0.5) is 0 Å². The van der Waals surface area contributed by atoms with Crippen LogP contribution in [0.2, 0.25) is 0 Å². The van der Waals surface area contributed by atoms with Crippen molar-refractivity contribution in [2.45, 2.75) is 13.5 Å². The van der Waals surface area contributed by atoms with Crippen molar-refractivity contribution >= 4 is 16.7 Å². The molecule has 0 saturated heterocycles. The second-order valence-electron chi connectivity index (χ2n) is 4.38. The van der Waals surface area contributed by atoms with Crippen molar-refractivity contribution in [3.63, 3.8) is 0 Å². The molecule has 0 amide bonds. The van der Waals surface area contributed by atoms with Gasteiger partial charge >= 0.3 is 0 Å². The first-order valence-electron chi connectivity index (χ1n) is 5.85. The third-order valence-corrected chi connectivity index (χ3v) is 3.42. The van der Waals surface area contributed by atoms with Crippen LogP contribution in [0.15, 0.2) is 29.1 Å². The Balaban J connectivity index is 2.69. The number of pyridine rings is 1. The second-order valence-corrected chi connectivity index (χ2v) is 4.38. The number of para-hydroxylation sites is 2. The molecule has 2 N–H and O–H groups in total. The normalized spacial score (nSPS) is 11.0. The van der Waals surface area contributed by atoms with E-state index < -0.39 is 0 Å². The van der Waals surface area contributed by atoms with Gasteiger partial charge in [0, 0.05) is 5.56 Å². The van der Waals surface area contributed by atoms with Crippen LogP contribution >= 0.6 is 0 Å². The Morgan fingerprint density at radius 3 is 2.84 bits per heavy atom. The number of aromatic amines is 1. The standard InChI is InChI=1S/C14H11N3O2/c1-8-9(6-15)13-16-11-4-2-3-5-12(11)17(13)14(19)10(8)7-18/h2-5,16,18H,7H2,1H3. The topological polar surface area (TPSA) is 81.3 Å². The van der Waals surface area contributed by atoms with Crippen molar-refractivity contribution in [2.75, 3.05) is 0 Å². The molecule has 2 aromatic heterocycles. The predicted octanol–water partition coefficient (Wildman–Crippen LogP) is 1.45. The average molecular weight is 253 g/mol. The summed E-state index contributed by atoms with van der Waals surface area (Å²) < 4.78 is 1.45. The minimum Gasteiger partial charge on any atom is -0.391 e. The number of hydrogen-bond acceptors (Lipinski definition) is 3. The van der Waals surface area contributed by atoms with E-state index in [9.17, 15) is 15.2 Å². The number of benzene rings is 1. The Labute approximate surface area is 108 Å². The van der Waals surface area contributed by atoms with Gasteiger partial charge in [0.05, 0.1) is 23.2 Å². The molecule has 0 saturated carbocycles. The Hall–Kier alpha value is -2.58. The molecular formula is C14H11N3O2. The van der Waals surface area contributed by atoms with Crippen LogP contribution in [-0.2, 0) is 6.61 Å². The van der Waals surface area contributed by atoms with Crippen LogP contribution in [0.1, 0.15) is 16.7 Å². The van der Waals surface area contributed by atoms with Gasteiger partial charge in [-0.3, -0.25) is 9.20 Å². The molecule has 1 aromatic carbocycles. The fraction of sp³-hybridized carbons (Fsp3) is 0.143. The van der Waals surface area contributed by atoms with Gasteiger partial charge in [0.2, 0.25) is 0 Å². The Morgan fingerprint density at radius 1 is 1.42 bits per heavy atom. The van der Waals surface area contributed by atoms with Gasteiger partial charge in [-0.1, -0.05) is 12.1 Å². The molecule has 0 atom stereocenters. The molecule has 0 unspecified atom stereocenters. The lowest BCUT2D eigenvalue weighted by Gasteiger charge is -2.06. The van der Waals surface area contributed by atoms with Crippen LogP contribution in [0, 0.1) is 18.3 Å². The first-order valence-corrected chi connectivity index (χ1v) is 5.85. The third-order valence-electron chi connectivity index (χ3n) is 3.42. The van der Waals surface area contributed by atoms with Gasteiger partial charge in [-0.2, -0.15) is 5.26 Å². The lowest BCUT2D eigenvalue weighted by atomic mass is 10.1. The first-order chi connectivity index (χ1) is 9.19. The molecule has 0 aliphatic carbocycles. The van der Waals surface area contributed by atoms with E-state index in [0.29, 0.717) is 22.3 Å². The number of nitriles is 1. The number of hydrogen-bond donors (Lipinski definition) is 2. The fourth-order valence-electron chi connectivity index (χ4n) is 2.41. The number of aliphatic hydroxyl groups is 1. The van der Waals surface area contributed by atoms with E-state index in [-0.39, 0.29) is 17.7 Å². The quantitative estimate of drug-likeness (QED) is 0.688. The zero-order chi connectivity index (χ0) is 13.6. The van der Waals surface area contributed by atoms with Crippen LogP contribution < -0.4 is 5.56 Å². The minimum atomic E-state index is -0.373. The number of rotatable bonds is 1. The Kier molecular flexibility index (Phi) is 2.40. The minimum absolute atomic E-state index is 0.263. The molecule has 5 heteroatoms. The lowest BCUT2D eigenvalue weighted by molar-refractivity contribution is 0.279. The number of H-pyrrole nitrogens is 1. The van der Waals surface area contributed by atoms with E-state index in [1.807, 2.05) is 18.2 Å². The number of nitrogens with one attached hydrogen (secondary N) is 1. The van der Waals surface area contributed by atoms with Crippen LogP contribution in [0.3, 0.4) is 0 Å². The zero-order valence-corrected chi connectivity index (χ0v) is 10.3. The summed E-state index contributed by atoms with van der Waals surface area (Å²) in [6, 6.07) is 9.43. The van der Waals surface area contributed by atoms with Crippen molar-refractivity contribution in [2.24, 2.45) is 0 Å². The van der Waals surface area contributed by atoms with E-state index in [1.165, 1.54) is 4.40 Å². The van der Waals surface area contributed by atoms with Gasteiger partial charge < -0.3 is 10.1 Å². The van der Waals surface area contributed by atoms with E-state index in [1.54, 1.807) is 13.0 Å². The maximum Gasteiger partial charge on any atom is 0.262 e. The van der Waals surface area contributed by atoms with Gasteiger partial charge in [-0.25, -0.2) is 0 Å². The Bertz CT molecular complexity index is 897. The SMILES string of the molecule is Cc1c(CO)c(=O)n2c([nH]c3ccccc32)c1C#N. The molecule has 3 rings (SSSR count). The largest absolute Gasteiger partial charge is 0.391 e. The molecule has 0 aliphatic heterocycles. The smallest absolute Gasteiger partial charge is 0.262 e. The molecule has 19 heavy (non-hydrogen) atoms. The van der Waals surface area contributed by atoms with Crippen molar-refractivity contribution in [1.29, 1.82) is 5.26 Å². The molecule has 5 nitrogen and oxygen atoms in total. The molecule has 0 bridgehead atoms. The molecular weight excluding hydrogens is 242 g/mol. The first kappa shape index (κ1) is 11.5. The summed E-state index contributed by atoms with van der Waals surface area (Å²) in [6.45, 7) is 1.30. The summed E-state index contributed by atoms with van der Waals surface area (Å²) in [5.74, 6) is 0. The molecule has 3 aromatic rings.